The smallest absolute Gasteiger partial charge is 0.315 e. The van der Waals surface area contributed by atoms with E-state index in [1.807, 2.05) is 0 Å². The number of carbonyl (C=O) groups excluding carboxylic acids is 1. The Morgan fingerprint density at radius 1 is 1.10 bits per heavy atom. The summed E-state index contributed by atoms with van der Waals surface area (Å²) in [5.41, 5.74) is 0. The van der Waals surface area contributed by atoms with E-state index in [1.165, 1.54) is 0 Å². The molecule has 2 amide bonds. The van der Waals surface area contributed by atoms with Gasteiger partial charge in [0.2, 0.25) is 0 Å². The first kappa shape index (κ1) is 15.1. The monoisotopic (exact) mass is 284 g/mol. The summed E-state index contributed by atoms with van der Waals surface area (Å²) in [6.45, 7) is 4.82. The van der Waals surface area contributed by atoms with Gasteiger partial charge in [-0.15, -0.1) is 0 Å². The lowest BCUT2D eigenvalue weighted by molar-refractivity contribution is -0.142. The van der Waals surface area contributed by atoms with Crippen molar-refractivity contribution < 1.29 is 19.4 Å². The van der Waals surface area contributed by atoms with E-state index < -0.39 is 17.9 Å². The summed E-state index contributed by atoms with van der Waals surface area (Å²) < 4.78 is 5.13. The average Bonchev–Trinajstić information content (AvgIpc) is 2.81. The maximum Gasteiger partial charge on any atom is 0.315 e. The number of hydrogen-bond donors (Lipinski definition) is 3. The molecule has 0 aromatic carbocycles. The number of rotatable bonds is 3. The quantitative estimate of drug-likeness (QED) is 0.727. The molecular weight excluding hydrogens is 260 g/mol. The van der Waals surface area contributed by atoms with Gasteiger partial charge in [0.15, 0.2) is 0 Å². The normalized spacial score (nSPS) is 37.4. The second-order valence-electron chi connectivity index (χ2n) is 6.21. The molecule has 1 aliphatic heterocycles. The van der Waals surface area contributed by atoms with Gasteiger partial charge in [-0.3, -0.25) is 4.79 Å². The summed E-state index contributed by atoms with van der Waals surface area (Å²) >= 11 is 0. The summed E-state index contributed by atoms with van der Waals surface area (Å²) in [7, 11) is 0. The molecule has 5 atom stereocenters. The van der Waals surface area contributed by atoms with E-state index in [-0.39, 0.29) is 25.3 Å². The van der Waals surface area contributed by atoms with Gasteiger partial charge in [0.1, 0.15) is 5.92 Å². The highest BCUT2D eigenvalue weighted by atomic mass is 16.5. The maximum atomic E-state index is 12.0. The Morgan fingerprint density at radius 3 is 2.45 bits per heavy atom. The Morgan fingerprint density at radius 2 is 1.80 bits per heavy atom. The van der Waals surface area contributed by atoms with E-state index in [9.17, 15) is 9.59 Å². The van der Waals surface area contributed by atoms with Crippen LogP contribution < -0.4 is 10.6 Å². The fourth-order valence-corrected chi connectivity index (χ4v) is 3.20. The molecule has 6 nitrogen and oxygen atoms in total. The molecule has 0 aromatic rings. The predicted octanol–water partition coefficient (Wildman–Crippen LogP) is 1.21. The summed E-state index contributed by atoms with van der Waals surface area (Å²) in [6, 6.07) is -0.541. The number of carbonyl (C=O) groups is 2. The number of carboxylic acids is 1. The van der Waals surface area contributed by atoms with Crippen molar-refractivity contribution in [3.8, 4) is 0 Å². The largest absolute Gasteiger partial charge is 0.481 e. The van der Waals surface area contributed by atoms with Gasteiger partial charge in [0, 0.05) is 6.04 Å². The molecule has 6 heteroatoms. The van der Waals surface area contributed by atoms with Crippen LogP contribution in [0, 0.1) is 17.8 Å². The van der Waals surface area contributed by atoms with Gasteiger partial charge in [-0.1, -0.05) is 13.8 Å². The minimum atomic E-state index is -0.923. The predicted molar refractivity (Wildman–Crippen MR) is 73.4 cm³/mol. The Hall–Kier alpha value is -1.30. The Kier molecular flexibility index (Phi) is 4.86. The molecule has 0 aromatic heterocycles. The van der Waals surface area contributed by atoms with Crippen LogP contribution in [-0.2, 0) is 9.53 Å². The highest BCUT2D eigenvalue weighted by Gasteiger charge is 2.35. The van der Waals surface area contributed by atoms with Crippen molar-refractivity contribution in [2.24, 2.45) is 17.8 Å². The number of nitrogens with one attached hydrogen (secondary N) is 2. The third kappa shape index (κ3) is 3.62. The van der Waals surface area contributed by atoms with E-state index in [4.69, 9.17) is 9.84 Å². The lowest BCUT2D eigenvalue weighted by atomic mass is 9.80. The van der Waals surface area contributed by atoms with E-state index in [2.05, 4.69) is 24.5 Å². The van der Waals surface area contributed by atoms with E-state index in [0.29, 0.717) is 11.8 Å². The molecule has 1 saturated heterocycles. The first-order valence-electron chi connectivity index (χ1n) is 7.35. The van der Waals surface area contributed by atoms with Gasteiger partial charge < -0.3 is 20.5 Å². The van der Waals surface area contributed by atoms with Crippen LogP contribution in [0.25, 0.3) is 0 Å². The molecule has 5 unspecified atom stereocenters. The Bertz CT molecular complexity index is 374. The van der Waals surface area contributed by atoms with Crippen LogP contribution in [0.3, 0.4) is 0 Å². The SMILES string of the molecule is CC1CCC(NC(=O)NC2COCC2C(=O)O)C(C)C1. The molecule has 0 radical (unpaired) electrons. The zero-order valence-corrected chi connectivity index (χ0v) is 12.1. The molecule has 2 rings (SSSR count). The molecule has 1 aliphatic carbocycles. The van der Waals surface area contributed by atoms with Crippen LogP contribution in [0.15, 0.2) is 0 Å². The molecule has 20 heavy (non-hydrogen) atoms. The van der Waals surface area contributed by atoms with Gasteiger partial charge >= 0.3 is 12.0 Å². The second kappa shape index (κ2) is 6.43. The third-order valence-electron chi connectivity index (χ3n) is 4.46. The summed E-state index contributed by atoms with van der Waals surface area (Å²) in [4.78, 5) is 23.0. The molecule has 114 valence electrons. The molecule has 1 heterocycles. The van der Waals surface area contributed by atoms with Crippen molar-refractivity contribution in [2.45, 2.75) is 45.2 Å². The number of carboxylic acid groups (broad SMARTS) is 1. The number of urea groups is 1. The van der Waals surface area contributed by atoms with Gasteiger partial charge in [-0.25, -0.2) is 4.79 Å². The molecule has 3 N–H and O–H groups in total. The van der Waals surface area contributed by atoms with Crippen LogP contribution in [0.1, 0.15) is 33.1 Å². The summed E-state index contributed by atoms with van der Waals surface area (Å²) in [5, 5.41) is 14.7. The second-order valence-corrected chi connectivity index (χ2v) is 6.21. The number of aliphatic carboxylic acids is 1. The van der Waals surface area contributed by atoms with Gasteiger partial charge in [-0.05, 0) is 31.1 Å². The van der Waals surface area contributed by atoms with Crippen molar-refractivity contribution >= 4 is 12.0 Å². The third-order valence-corrected chi connectivity index (χ3v) is 4.46. The minimum absolute atomic E-state index is 0.164. The molecule has 0 spiro atoms. The van der Waals surface area contributed by atoms with Crippen molar-refractivity contribution in [3.05, 3.63) is 0 Å². The van der Waals surface area contributed by atoms with Crippen molar-refractivity contribution in [1.82, 2.24) is 10.6 Å². The molecule has 2 aliphatic rings. The van der Waals surface area contributed by atoms with E-state index >= 15 is 0 Å². The number of ether oxygens (including phenoxy) is 1. The fraction of sp³-hybridized carbons (Fsp3) is 0.857. The van der Waals surface area contributed by atoms with Crippen molar-refractivity contribution in [3.63, 3.8) is 0 Å². The van der Waals surface area contributed by atoms with Crippen LogP contribution in [0.5, 0.6) is 0 Å². The van der Waals surface area contributed by atoms with E-state index in [0.717, 1.165) is 19.3 Å². The van der Waals surface area contributed by atoms with Crippen LogP contribution >= 0.6 is 0 Å². The zero-order valence-electron chi connectivity index (χ0n) is 12.1. The maximum absolute atomic E-state index is 12.0. The van der Waals surface area contributed by atoms with Gasteiger partial charge in [-0.2, -0.15) is 0 Å². The van der Waals surface area contributed by atoms with Gasteiger partial charge in [0.05, 0.1) is 19.3 Å². The van der Waals surface area contributed by atoms with Crippen LogP contribution in [0.2, 0.25) is 0 Å². The Balaban J connectivity index is 1.82. The van der Waals surface area contributed by atoms with Crippen molar-refractivity contribution in [1.29, 1.82) is 0 Å². The first-order chi connectivity index (χ1) is 9.47. The lowest BCUT2D eigenvalue weighted by Gasteiger charge is -2.33. The summed E-state index contributed by atoms with van der Waals surface area (Å²) in [6.07, 6.45) is 3.23. The molecule has 2 fully saturated rings. The Labute approximate surface area is 119 Å². The zero-order chi connectivity index (χ0) is 14.7. The highest BCUT2D eigenvalue weighted by molar-refractivity contribution is 5.77. The first-order valence-corrected chi connectivity index (χ1v) is 7.35. The van der Waals surface area contributed by atoms with E-state index in [1.54, 1.807) is 0 Å². The molecule has 1 saturated carbocycles. The standard InChI is InChI=1S/C14H24N2O4/c1-8-3-4-11(9(2)5-8)15-14(19)16-12-7-20-6-10(12)13(17)18/h8-12H,3-7H2,1-2H3,(H,17,18)(H2,15,16,19). The minimum Gasteiger partial charge on any atom is -0.481 e. The van der Waals surface area contributed by atoms with Crippen LogP contribution in [-0.4, -0.2) is 42.4 Å². The summed E-state index contributed by atoms with van der Waals surface area (Å²) in [5.74, 6) is -0.400. The number of hydrogen-bond acceptors (Lipinski definition) is 3. The highest BCUT2D eigenvalue weighted by Crippen LogP contribution is 2.28. The number of amides is 2. The lowest BCUT2D eigenvalue weighted by Crippen LogP contribution is -2.52. The molecule has 0 bridgehead atoms. The van der Waals surface area contributed by atoms with Crippen LogP contribution in [0.4, 0.5) is 4.79 Å². The van der Waals surface area contributed by atoms with Gasteiger partial charge in [0.25, 0.3) is 0 Å². The van der Waals surface area contributed by atoms with Crippen molar-refractivity contribution in [2.75, 3.05) is 13.2 Å². The molecular formula is C14H24N2O4. The topological polar surface area (TPSA) is 87.7 Å². The average molecular weight is 284 g/mol. The fourth-order valence-electron chi connectivity index (χ4n) is 3.20.